The Labute approximate surface area is 198 Å². The quantitative estimate of drug-likeness (QED) is 0.475. The summed E-state index contributed by atoms with van der Waals surface area (Å²) >= 11 is 0. The van der Waals surface area contributed by atoms with E-state index in [2.05, 4.69) is 26.8 Å². The first-order chi connectivity index (χ1) is 16.2. The molecule has 3 N–H and O–H groups in total. The third kappa shape index (κ3) is 2.61. The molecule has 0 bridgehead atoms. The normalized spacial score (nSPS) is 22.8. The van der Waals surface area contributed by atoms with E-state index in [1.807, 2.05) is 6.07 Å². The maximum atomic E-state index is 13.6. The van der Waals surface area contributed by atoms with Gasteiger partial charge in [-0.1, -0.05) is 20.8 Å². The molecule has 6 heteroatoms. The number of aromatic nitrogens is 2. The molecule has 1 aromatic carbocycles. The van der Waals surface area contributed by atoms with E-state index in [4.69, 9.17) is 10.7 Å². The third-order valence-electron chi connectivity index (χ3n) is 8.53. The zero-order chi connectivity index (χ0) is 24.1. The standard InChI is InChI=1S/C28H31N3O3/c1-5-28(34)19-11-22-26-18(12-31(22)27(33)16(19)7-9-23(28)32)24-20(29)8-6-15-14(4)17(13(2)3)10-21(30-26)25(15)24/h10-11,13,20,34H,5-9,12,29H2,1-4H3. The van der Waals surface area contributed by atoms with E-state index in [0.717, 1.165) is 40.6 Å². The van der Waals surface area contributed by atoms with E-state index >= 15 is 0 Å². The molecular weight excluding hydrogens is 426 g/mol. The number of nitrogens with zero attached hydrogens (tertiary/aromatic N) is 2. The van der Waals surface area contributed by atoms with Crippen LogP contribution in [0.5, 0.6) is 0 Å². The monoisotopic (exact) mass is 457 g/mol. The van der Waals surface area contributed by atoms with E-state index in [-0.39, 0.29) is 30.2 Å². The molecule has 0 radical (unpaired) electrons. The number of pyridine rings is 2. The van der Waals surface area contributed by atoms with Crippen molar-refractivity contribution in [1.29, 1.82) is 0 Å². The highest BCUT2D eigenvalue weighted by Crippen LogP contribution is 2.46. The molecular formula is C28H31N3O3. The fourth-order valence-electron chi connectivity index (χ4n) is 6.63. The van der Waals surface area contributed by atoms with Gasteiger partial charge in [-0.15, -0.1) is 0 Å². The van der Waals surface area contributed by atoms with Crippen molar-refractivity contribution in [3.05, 3.63) is 61.4 Å². The zero-order valence-corrected chi connectivity index (χ0v) is 20.3. The molecule has 34 heavy (non-hydrogen) atoms. The fraction of sp³-hybridized carbons (Fsp3) is 0.464. The molecule has 0 fully saturated rings. The number of fused-ring (bicyclic) bond motifs is 5. The van der Waals surface area contributed by atoms with Crippen LogP contribution in [0.3, 0.4) is 0 Å². The van der Waals surface area contributed by atoms with Gasteiger partial charge in [-0.3, -0.25) is 9.59 Å². The summed E-state index contributed by atoms with van der Waals surface area (Å²) in [4.78, 5) is 31.4. The summed E-state index contributed by atoms with van der Waals surface area (Å²) in [5.74, 6) is 0.164. The minimum absolute atomic E-state index is 0.107. The number of ketones is 1. The average molecular weight is 458 g/mol. The van der Waals surface area contributed by atoms with Crippen molar-refractivity contribution in [3.63, 3.8) is 0 Å². The smallest absolute Gasteiger partial charge is 0.254 e. The summed E-state index contributed by atoms with van der Waals surface area (Å²) in [5.41, 5.74) is 14.5. The predicted octanol–water partition coefficient (Wildman–Crippen LogP) is 3.92. The van der Waals surface area contributed by atoms with Gasteiger partial charge in [0.1, 0.15) is 5.60 Å². The Bertz CT molecular complexity index is 1480. The summed E-state index contributed by atoms with van der Waals surface area (Å²) in [6.07, 6.45) is 2.61. The van der Waals surface area contributed by atoms with Crippen LogP contribution in [0, 0.1) is 6.92 Å². The summed E-state index contributed by atoms with van der Waals surface area (Å²) in [5, 5.41) is 12.4. The Morgan fingerprint density at radius 1 is 1.18 bits per heavy atom. The lowest BCUT2D eigenvalue weighted by Gasteiger charge is -2.32. The minimum Gasteiger partial charge on any atom is -0.377 e. The fourth-order valence-corrected chi connectivity index (χ4v) is 6.63. The molecule has 0 spiro atoms. The molecule has 0 saturated heterocycles. The highest BCUT2D eigenvalue weighted by molar-refractivity contribution is 5.94. The maximum Gasteiger partial charge on any atom is 0.254 e. The van der Waals surface area contributed by atoms with E-state index in [0.29, 0.717) is 35.7 Å². The molecule has 176 valence electrons. The Balaban J connectivity index is 1.70. The number of carbonyl (C=O) groups is 1. The molecule has 0 saturated carbocycles. The lowest BCUT2D eigenvalue weighted by atomic mass is 9.76. The molecule has 2 atom stereocenters. The Morgan fingerprint density at radius 3 is 2.65 bits per heavy atom. The number of Topliss-reactive ketones (excluding diaryl/α,β-unsaturated/α-hetero) is 1. The molecule has 6 rings (SSSR count). The van der Waals surface area contributed by atoms with Gasteiger partial charge in [0.25, 0.3) is 5.56 Å². The van der Waals surface area contributed by atoms with Crippen LogP contribution in [-0.4, -0.2) is 20.4 Å². The Hall–Kier alpha value is -2.83. The first-order valence-electron chi connectivity index (χ1n) is 12.4. The van der Waals surface area contributed by atoms with Crippen molar-refractivity contribution in [2.24, 2.45) is 5.73 Å². The summed E-state index contributed by atoms with van der Waals surface area (Å²) < 4.78 is 1.77. The second kappa shape index (κ2) is 7.09. The van der Waals surface area contributed by atoms with Crippen LogP contribution < -0.4 is 11.3 Å². The zero-order valence-electron chi connectivity index (χ0n) is 20.3. The third-order valence-corrected chi connectivity index (χ3v) is 8.53. The molecule has 3 heterocycles. The summed E-state index contributed by atoms with van der Waals surface area (Å²) in [6.45, 7) is 8.83. The number of aliphatic hydroxyl groups is 1. The van der Waals surface area contributed by atoms with Gasteiger partial charge in [0.2, 0.25) is 0 Å². The van der Waals surface area contributed by atoms with Gasteiger partial charge >= 0.3 is 0 Å². The van der Waals surface area contributed by atoms with Crippen LogP contribution in [0.15, 0.2) is 16.9 Å². The van der Waals surface area contributed by atoms with Crippen molar-refractivity contribution >= 4 is 16.7 Å². The summed E-state index contributed by atoms with van der Waals surface area (Å²) in [7, 11) is 0. The Kier molecular flexibility index (Phi) is 4.52. The van der Waals surface area contributed by atoms with E-state index in [1.165, 1.54) is 16.7 Å². The minimum atomic E-state index is -1.61. The number of nitrogens with two attached hydrogens (primary N) is 1. The summed E-state index contributed by atoms with van der Waals surface area (Å²) in [6, 6.07) is 3.93. The Morgan fingerprint density at radius 2 is 1.94 bits per heavy atom. The van der Waals surface area contributed by atoms with E-state index < -0.39 is 5.60 Å². The molecule has 3 aromatic rings. The molecule has 1 aliphatic heterocycles. The second-order valence-electron chi connectivity index (χ2n) is 10.6. The first kappa shape index (κ1) is 21.7. The van der Waals surface area contributed by atoms with Crippen LogP contribution in [0.25, 0.3) is 22.3 Å². The molecule has 2 aromatic heterocycles. The number of hydrogen-bond acceptors (Lipinski definition) is 5. The lowest BCUT2D eigenvalue weighted by molar-refractivity contribution is -0.140. The van der Waals surface area contributed by atoms with Crippen LogP contribution in [0.1, 0.15) is 90.9 Å². The van der Waals surface area contributed by atoms with Gasteiger partial charge in [0.05, 0.1) is 23.4 Å². The SMILES string of the molecule is CCC1(O)C(=O)CCc2c1cc1n(c2=O)Cc2c-1nc1cc(C(C)C)c(C)c3c1c2C(N)CC3. The number of hydrogen-bond donors (Lipinski definition) is 2. The largest absolute Gasteiger partial charge is 0.377 e. The number of carbonyl (C=O) groups excluding carboxylic acids is 1. The van der Waals surface area contributed by atoms with Gasteiger partial charge in [0, 0.05) is 34.5 Å². The molecule has 2 unspecified atom stereocenters. The molecule has 6 nitrogen and oxygen atoms in total. The van der Waals surface area contributed by atoms with E-state index in [9.17, 15) is 14.7 Å². The molecule has 2 aliphatic carbocycles. The molecule has 3 aliphatic rings. The number of rotatable bonds is 2. The van der Waals surface area contributed by atoms with Gasteiger partial charge in [0.15, 0.2) is 5.78 Å². The van der Waals surface area contributed by atoms with Crippen molar-refractivity contribution in [1.82, 2.24) is 9.55 Å². The first-order valence-corrected chi connectivity index (χ1v) is 12.4. The van der Waals surface area contributed by atoms with Crippen LogP contribution >= 0.6 is 0 Å². The number of benzene rings is 1. The van der Waals surface area contributed by atoms with Crippen molar-refractivity contribution in [2.75, 3.05) is 0 Å². The number of aryl methyl sites for hydroxylation is 1. The lowest BCUT2D eigenvalue weighted by Crippen LogP contribution is -2.43. The van der Waals surface area contributed by atoms with E-state index in [1.54, 1.807) is 11.5 Å². The van der Waals surface area contributed by atoms with Gasteiger partial charge < -0.3 is 15.4 Å². The molecule has 0 amide bonds. The topological polar surface area (TPSA) is 98.2 Å². The second-order valence-corrected chi connectivity index (χ2v) is 10.6. The predicted molar refractivity (Wildman–Crippen MR) is 132 cm³/mol. The van der Waals surface area contributed by atoms with Crippen LogP contribution in [-0.2, 0) is 29.8 Å². The average Bonchev–Trinajstić information content (AvgIpc) is 3.18. The van der Waals surface area contributed by atoms with Crippen molar-refractivity contribution < 1.29 is 9.90 Å². The van der Waals surface area contributed by atoms with Gasteiger partial charge in [-0.2, -0.15) is 0 Å². The maximum absolute atomic E-state index is 13.6. The van der Waals surface area contributed by atoms with Crippen LogP contribution in [0.2, 0.25) is 0 Å². The van der Waals surface area contributed by atoms with Crippen LogP contribution in [0.4, 0.5) is 0 Å². The highest BCUT2D eigenvalue weighted by atomic mass is 16.3. The van der Waals surface area contributed by atoms with Crippen molar-refractivity contribution in [3.8, 4) is 11.4 Å². The highest BCUT2D eigenvalue weighted by Gasteiger charge is 2.43. The van der Waals surface area contributed by atoms with Crippen molar-refractivity contribution in [2.45, 2.75) is 83.9 Å². The van der Waals surface area contributed by atoms with Gasteiger partial charge in [-0.05, 0) is 72.9 Å². The van der Waals surface area contributed by atoms with Gasteiger partial charge in [-0.25, -0.2) is 4.98 Å².